The van der Waals surface area contributed by atoms with Crippen LogP contribution in [-0.4, -0.2) is 23.2 Å². The molecule has 0 amide bonds. The summed E-state index contributed by atoms with van der Waals surface area (Å²) in [6.07, 6.45) is 2.76. The number of carbonyl (C=O) groups is 1. The molecule has 1 atom stereocenters. The van der Waals surface area contributed by atoms with Crippen LogP contribution in [0.15, 0.2) is 0 Å². The van der Waals surface area contributed by atoms with Crippen LogP contribution in [0.1, 0.15) is 45.7 Å². The Morgan fingerprint density at radius 1 is 1.62 bits per heavy atom. The lowest BCUT2D eigenvalue weighted by Gasteiger charge is -2.28. The Hall–Kier alpha value is -0.940. The molecule has 1 N–H and O–H groups in total. The highest BCUT2D eigenvalue weighted by molar-refractivity contribution is 7.13. The Labute approximate surface area is 98.3 Å². The molecule has 0 aliphatic heterocycles. The van der Waals surface area contributed by atoms with Crippen LogP contribution >= 0.6 is 11.3 Å². The van der Waals surface area contributed by atoms with E-state index in [0.717, 1.165) is 12.8 Å². The molecule has 1 fully saturated rings. The van der Waals surface area contributed by atoms with Crippen LogP contribution in [-0.2, 0) is 4.74 Å². The number of hydrogen-bond acceptors (Lipinski definition) is 5. The molecule has 0 bridgehead atoms. The van der Waals surface area contributed by atoms with Crippen molar-refractivity contribution in [3.05, 3.63) is 15.6 Å². The van der Waals surface area contributed by atoms with E-state index in [1.54, 1.807) is 6.92 Å². The summed E-state index contributed by atoms with van der Waals surface area (Å²) in [4.78, 5) is 16.1. The highest BCUT2D eigenvalue weighted by Gasteiger charge is 2.30. The number of rotatable bonds is 3. The van der Waals surface area contributed by atoms with Gasteiger partial charge >= 0.3 is 5.97 Å². The fraction of sp³-hybridized carbons (Fsp3) is 0.636. The molecule has 0 spiro atoms. The predicted octanol–water partition coefficient (Wildman–Crippen LogP) is 2.07. The third kappa shape index (κ3) is 1.97. The molecule has 2 rings (SSSR count). The molecule has 1 saturated carbocycles. The van der Waals surface area contributed by atoms with Gasteiger partial charge in [0, 0.05) is 0 Å². The van der Waals surface area contributed by atoms with Crippen molar-refractivity contribution in [1.82, 2.24) is 4.98 Å². The molecule has 16 heavy (non-hydrogen) atoms. The predicted molar refractivity (Wildman–Crippen MR) is 60.5 cm³/mol. The van der Waals surface area contributed by atoms with Gasteiger partial charge in [-0.05, 0) is 25.7 Å². The average molecular weight is 241 g/mol. The topological polar surface area (TPSA) is 59.4 Å². The van der Waals surface area contributed by atoms with E-state index >= 15 is 0 Å². The fourth-order valence-corrected chi connectivity index (χ4v) is 2.85. The average Bonchev–Trinajstić information content (AvgIpc) is 2.56. The third-order valence-corrected chi connectivity index (χ3v) is 4.24. The van der Waals surface area contributed by atoms with E-state index in [4.69, 9.17) is 0 Å². The minimum Gasteiger partial charge on any atom is -0.465 e. The molecule has 1 aliphatic carbocycles. The van der Waals surface area contributed by atoms with Gasteiger partial charge in [0.1, 0.15) is 16.0 Å². The number of nitrogens with zero attached hydrogens (tertiary/aromatic N) is 1. The highest BCUT2D eigenvalue weighted by atomic mass is 32.1. The lowest BCUT2D eigenvalue weighted by Crippen LogP contribution is -2.19. The van der Waals surface area contributed by atoms with Crippen molar-refractivity contribution in [2.24, 2.45) is 5.92 Å². The standard InChI is InChI=1S/C11H15NO3S/c1-6-9(11(14)15-2)16-10(12-6)8(13)7-4-3-5-7/h7-8,13H,3-5H2,1-2H3. The number of ether oxygens (including phenoxy) is 1. The number of carbonyl (C=O) groups excluding carboxylic acids is 1. The molecule has 0 aromatic carbocycles. The molecular weight excluding hydrogens is 226 g/mol. The number of thiazole rings is 1. The van der Waals surface area contributed by atoms with E-state index in [1.165, 1.54) is 24.9 Å². The fourth-order valence-electron chi connectivity index (χ4n) is 1.78. The maximum absolute atomic E-state index is 11.4. The summed E-state index contributed by atoms with van der Waals surface area (Å²) in [6, 6.07) is 0. The van der Waals surface area contributed by atoms with Crippen molar-refractivity contribution in [1.29, 1.82) is 0 Å². The van der Waals surface area contributed by atoms with Crippen molar-refractivity contribution in [2.75, 3.05) is 7.11 Å². The molecule has 88 valence electrons. The monoisotopic (exact) mass is 241 g/mol. The maximum Gasteiger partial charge on any atom is 0.349 e. The molecule has 1 unspecified atom stereocenters. The van der Waals surface area contributed by atoms with Crippen LogP contribution in [0, 0.1) is 12.8 Å². The molecule has 1 aromatic rings. The second-order valence-corrected chi connectivity index (χ2v) is 5.12. The summed E-state index contributed by atoms with van der Waals surface area (Å²) in [6.45, 7) is 1.76. The van der Waals surface area contributed by atoms with Crippen LogP contribution in [0.25, 0.3) is 0 Å². The Bertz CT molecular complexity index is 398. The van der Waals surface area contributed by atoms with Gasteiger partial charge < -0.3 is 9.84 Å². The van der Waals surface area contributed by atoms with E-state index in [9.17, 15) is 9.90 Å². The molecule has 5 heteroatoms. The lowest BCUT2D eigenvalue weighted by atomic mass is 9.81. The number of aliphatic hydroxyl groups excluding tert-OH is 1. The first-order valence-electron chi connectivity index (χ1n) is 5.37. The third-order valence-electron chi connectivity index (χ3n) is 3.03. The first-order valence-corrected chi connectivity index (χ1v) is 6.19. The number of hydrogen-bond donors (Lipinski definition) is 1. The SMILES string of the molecule is COC(=O)c1sc(C(O)C2CCC2)nc1C. The quantitative estimate of drug-likeness (QED) is 0.823. The van der Waals surface area contributed by atoms with E-state index in [1.807, 2.05) is 0 Å². The normalized spacial score (nSPS) is 17.9. The Morgan fingerprint density at radius 3 is 2.81 bits per heavy atom. The molecule has 4 nitrogen and oxygen atoms in total. The zero-order chi connectivity index (χ0) is 11.7. The van der Waals surface area contributed by atoms with E-state index < -0.39 is 6.10 Å². The summed E-state index contributed by atoms with van der Waals surface area (Å²) in [7, 11) is 1.35. The highest BCUT2D eigenvalue weighted by Crippen LogP contribution is 2.39. The number of aliphatic hydroxyl groups is 1. The smallest absolute Gasteiger partial charge is 0.349 e. The second kappa shape index (κ2) is 4.51. The lowest BCUT2D eigenvalue weighted by molar-refractivity contribution is 0.0604. The van der Waals surface area contributed by atoms with Crippen molar-refractivity contribution < 1.29 is 14.6 Å². The van der Waals surface area contributed by atoms with Crippen LogP contribution < -0.4 is 0 Å². The minimum absolute atomic E-state index is 0.316. The molecule has 1 heterocycles. The summed E-state index contributed by atoms with van der Waals surface area (Å²) >= 11 is 1.24. The molecule has 1 aliphatic rings. The van der Waals surface area contributed by atoms with E-state index in [0.29, 0.717) is 21.5 Å². The van der Waals surface area contributed by atoms with Crippen molar-refractivity contribution >= 4 is 17.3 Å². The van der Waals surface area contributed by atoms with E-state index in [2.05, 4.69) is 9.72 Å². The van der Waals surface area contributed by atoms with Crippen LogP contribution in [0.4, 0.5) is 0 Å². The number of aromatic nitrogens is 1. The largest absolute Gasteiger partial charge is 0.465 e. The Kier molecular flexibility index (Phi) is 3.25. The van der Waals surface area contributed by atoms with Crippen LogP contribution in [0.5, 0.6) is 0 Å². The molecule has 0 radical (unpaired) electrons. The zero-order valence-electron chi connectivity index (χ0n) is 9.40. The van der Waals surface area contributed by atoms with Gasteiger partial charge in [-0.15, -0.1) is 11.3 Å². The summed E-state index contributed by atoms with van der Waals surface area (Å²) < 4.78 is 4.66. The van der Waals surface area contributed by atoms with Gasteiger partial charge in [-0.3, -0.25) is 0 Å². The summed E-state index contributed by atoms with van der Waals surface area (Å²) in [5.74, 6) is -0.0573. The van der Waals surface area contributed by atoms with Crippen molar-refractivity contribution in [3.8, 4) is 0 Å². The van der Waals surface area contributed by atoms with Gasteiger partial charge in [0.15, 0.2) is 0 Å². The molecule has 0 saturated heterocycles. The van der Waals surface area contributed by atoms with Gasteiger partial charge in [-0.1, -0.05) is 6.42 Å². The number of aryl methyl sites for hydroxylation is 1. The van der Waals surface area contributed by atoms with Gasteiger partial charge in [-0.25, -0.2) is 9.78 Å². The van der Waals surface area contributed by atoms with Gasteiger partial charge in [0.2, 0.25) is 0 Å². The van der Waals surface area contributed by atoms with Gasteiger partial charge in [-0.2, -0.15) is 0 Å². The first kappa shape index (κ1) is 11.5. The minimum atomic E-state index is -0.518. The Morgan fingerprint density at radius 2 is 2.31 bits per heavy atom. The second-order valence-electron chi connectivity index (χ2n) is 4.09. The van der Waals surface area contributed by atoms with Crippen molar-refractivity contribution in [3.63, 3.8) is 0 Å². The van der Waals surface area contributed by atoms with E-state index in [-0.39, 0.29) is 5.97 Å². The molecule has 1 aromatic heterocycles. The van der Waals surface area contributed by atoms with Gasteiger partial charge in [0.25, 0.3) is 0 Å². The van der Waals surface area contributed by atoms with Gasteiger partial charge in [0.05, 0.1) is 12.8 Å². The number of esters is 1. The summed E-state index contributed by atoms with van der Waals surface area (Å²) in [5, 5.41) is 10.7. The Balaban J connectivity index is 2.19. The maximum atomic E-state index is 11.4. The van der Waals surface area contributed by atoms with Crippen LogP contribution in [0.3, 0.4) is 0 Å². The number of methoxy groups -OCH3 is 1. The van der Waals surface area contributed by atoms with Crippen molar-refractivity contribution in [2.45, 2.75) is 32.3 Å². The first-order chi connectivity index (χ1) is 7.63. The molecular formula is C11H15NO3S. The van der Waals surface area contributed by atoms with Crippen LogP contribution in [0.2, 0.25) is 0 Å². The zero-order valence-corrected chi connectivity index (χ0v) is 10.2. The summed E-state index contributed by atoms with van der Waals surface area (Å²) in [5.41, 5.74) is 0.644.